The van der Waals surface area contributed by atoms with Gasteiger partial charge in [-0.2, -0.15) is 0 Å². The van der Waals surface area contributed by atoms with Gasteiger partial charge in [0.05, 0.1) is 16.4 Å². The molecule has 1 fully saturated rings. The lowest BCUT2D eigenvalue weighted by Crippen LogP contribution is -2.54. The molecule has 0 aliphatic carbocycles. The number of nitrogens with one attached hydrogen (secondary N) is 1. The second-order valence-corrected chi connectivity index (χ2v) is 9.81. The molecule has 1 heterocycles. The molecule has 1 aliphatic heterocycles. The van der Waals surface area contributed by atoms with E-state index in [2.05, 4.69) is 27.9 Å². The van der Waals surface area contributed by atoms with Crippen LogP contribution in [0.4, 0.5) is 5.69 Å². The first-order valence-electron chi connectivity index (χ1n) is 10.2. The Balaban J connectivity index is 1.64. The zero-order valence-electron chi connectivity index (χ0n) is 18.2. The number of halogens is 3. The van der Waals surface area contributed by atoms with Crippen LogP contribution in [0.25, 0.3) is 6.08 Å². The van der Waals surface area contributed by atoms with Crippen molar-refractivity contribution in [3.05, 3.63) is 91.0 Å². The lowest BCUT2D eigenvalue weighted by molar-refractivity contribution is -0.122. The van der Waals surface area contributed by atoms with Gasteiger partial charge in [-0.1, -0.05) is 41.4 Å². The van der Waals surface area contributed by atoms with E-state index in [1.165, 1.54) is 18.1 Å². The average Bonchev–Trinajstić information content (AvgIpc) is 2.82. The van der Waals surface area contributed by atoms with Crippen molar-refractivity contribution in [2.75, 3.05) is 12.0 Å². The molecule has 1 saturated heterocycles. The number of benzene rings is 3. The molecule has 10 heteroatoms. The minimum atomic E-state index is -0.588. The predicted octanol–water partition coefficient (Wildman–Crippen LogP) is 6.02. The Kier molecular flexibility index (Phi) is 7.95. The normalized spacial score (nSPS) is 14.8. The summed E-state index contributed by atoms with van der Waals surface area (Å²) in [5, 5.41) is 3.63. The molecular weight excluding hydrogens is 622 g/mol. The molecule has 0 aromatic heterocycles. The van der Waals surface area contributed by atoms with Crippen molar-refractivity contribution >= 4 is 86.7 Å². The highest BCUT2D eigenvalue weighted by Crippen LogP contribution is 2.35. The number of nitrogens with zero attached hydrogens (tertiary/aromatic N) is 1. The van der Waals surface area contributed by atoms with Crippen LogP contribution in [0.5, 0.6) is 11.5 Å². The number of methoxy groups -OCH3 is 1. The molecule has 1 aliphatic rings. The van der Waals surface area contributed by atoms with E-state index >= 15 is 0 Å². The third-order valence-electron chi connectivity index (χ3n) is 5.03. The fraction of sp³-hybridized carbons (Fsp3) is 0.0800. The van der Waals surface area contributed by atoms with Crippen LogP contribution in [0.1, 0.15) is 11.1 Å². The number of carbonyl (C=O) groups is 2. The highest BCUT2D eigenvalue weighted by Gasteiger charge is 2.34. The van der Waals surface area contributed by atoms with Crippen LogP contribution in [0.2, 0.25) is 10.0 Å². The SMILES string of the molecule is COc1cc(/C=C2\C(=O)NC(=S)N(c3cccc(Cl)c3)C2=O)cc(I)c1OCc1ccc(Cl)cc1. The Labute approximate surface area is 230 Å². The number of rotatable bonds is 6. The Morgan fingerprint density at radius 1 is 1.06 bits per heavy atom. The van der Waals surface area contributed by atoms with Gasteiger partial charge >= 0.3 is 0 Å². The van der Waals surface area contributed by atoms with Gasteiger partial charge in [0.25, 0.3) is 11.8 Å². The molecule has 0 saturated carbocycles. The van der Waals surface area contributed by atoms with Crippen LogP contribution in [0.3, 0.4) is 0 Å². The third-order valence-corrected chi connectivity index (χ3v) is 6.60. The molecule has 4 rings (SSSR count). The van der Waals surface area contributed by atoms with Crippen LogP contribution in [-0.2, 0) is 16.2 Å². The number of carbonyl (C=O) groups excluding carboxylic acids is 2. The van der Waals surface area contributed by atoms with Gasteiger partial charge in [0.2, 0.25) is 0 Å². The summed E-state index contributed by atoms with van der Waals surface area (Å²) in [6.07, 6.45) is 1.49. The number of anilines is 1. The molecule has 0 spiro atoms. The average molecular weight is 639 g/mol. The van der Waals surface area contributed by atoms with Crippen LogP contribution in [-0.4, -0.2) is 24.0 Å². The summed E-state index contributed by atoms with van der Waals surface area (Å²) in [5.74, 6) is -0.136. The summed E-state index contributed by atoms with van der Waals surface area (Å²) in [6, 6.07) is 17.5. The van der Waals surface area contributed by atoms with E-state index in [1.807, 2.05) is 12.1 Å². The highest BCUT2D eigenvalue weighted by atomic mass is 127. The van der Waals surface area contributed by atoms with Crippen molar-refractivity contribution in [1.82, 2.24) is 5.32 Å². The van der Waals surface area contributed by atoms with Crippen molar-refractivity contribution < 1.29 is 19.1 Å². The molecule has 3 aromatic carbocycles. The molecule has 0 bridgehead atoms. The standard InChI is InChI=1S/C25H17Cl2IN2O4S/c1-33-21-11-15(10-20(28)22(21)34-13-14-5-7-16(26)8-6-14)9-19-23(31)29-25(35)30(24(19)32)18-4-2-3-17(27)12-18/h2-12H,13H2,1H3,(H,29,31,35)/b19-9+. The zero-order valence-corrected chi connectivity index (χ0v) is 22.7. The zero-order chi connectivity index (χ0) is 25.1. The Morgan fingerprint density at radius 2 is 1.80 bits per heavy atom. The van der Waals surface area contributed by atoms with Gasteiger partial charge < -0.3 is 9.47 Å². The molecule has 0 unspecified atom stereocenters. The van der Waals surface area contributed by atoms with Gasteiger partial charge in [-0.15, -0.1) is 0 Å². The molecule has 2 amide bonds. The largest absolute Gasteiger partial charge is 0.493 e. The number of hydrogen-bond donors (Lipinski definition) is 1. The Bertz CT molecular complexity index is 1360. The molecule has 6 nitrogen and oxygen atoms in total. The molecule has 3 aromatic rings. The first-order valence-corrected chi connectivity index (χ1v) is 12.4. The highest BCUT2D eigenvalue weighted by molar-refractivity contribution is 14.1. The van der Waals surface area contributed by atoms with Crippen molar-refractivity contribution in [3.63, 3.8) is 0 Å². The lowest BCUT2D eigenvalue weighted by atomic mass is 10.1. The number of thiocarbonyl (C=S) groups is 1. The fourth-order valence-electron chi connectivity index (χ4n) is 3.37. The van der Waals surface area contributed by atoms with Gasteiger partial charge in [0, 0.05) is 10.0 Å². The smallest absolute Gasteiger partial charge is 0.270 e. The maximum absolute atomic E-state index is 13.3. The molecule has 35 heavy (non-hydrogen) atoms. The summed E-state index contributed by atoms with van der Waals surface area (Å²) in [6.45, 7) is 0.316. The van der Waals surface area contributed by atoms with E-state index in [4.69, 9.17) is 44.9 Å². The third kappa shape index (κ3) is 5.78. The number of hydrogen-bond acceptors (Lipinski definition) is 5. The van der Waals surface area contributed by atoms with Crippen LogP contribution >= 0.6 is 58.0 Å². The van der Waals surface area contributed by atoms with Crippen LogP contribution in [0, 0.1) is 3.57 Å². The maximum Gasteiger partial charge on any atom is 0.270 e. The summed E-state index contributed by atoms with van der Waals surface area (Å²) < 4.78 is 12.3. The number of amides is 2. The van der Waals surface area contributed by atoms with E-state index in [0.29, 0.717) is 39.4 Å². The summed E-state index contributed by atoms with van der Waals surface area (Å²) >= 11 is 19.4. The minimum Gasteiger partial charge on any atom is -0.493 e. The van der Waals surface area contributed by atoms with Gasteiger partial charge in [0.15, 0.2) is 16.6 Å². The Morgan fingerprint density at radius 3 is 2.49 bits per heavy atom. The van der Waals surface area contributed by atoms with Gasteiger partial charge in [-0.25, -0.2) is 0 Å². The first kappa shape index (κ1) is 25.4. The molecular formula is C25H17Cl2IN2O4S. The molecule has 178 valence electrons. The van der Waals surface area contributed by atoms with Gasteiger partial charge in [0.1, 0.15) is 12.2 Å². The second kappa shape index (κ2) is 10.9. The van der Waals surface area contributed by atoms with E-state index in [1.54, 1.807) is 48.5 Å². The van der Waals surface area contributed by atoms with E-state index in [-0.39, 0.29) is 10.7 Å². The van der Waals surface area contributed by atoms with Gasteiger partial charge in [-0.05, 0) is 94.5 Å². The second-order valence-electron chi connectivity index (χ2n) is 7.39. The number of ether oxygens (including phenoxy) is 2. The van der Waals surface area contributed by atoms with Gasteiger partial charge in [-0.3, -0.25) is 19.8 Å². The summed E-state index contributed by atoms with van der Waals surface area (Å²) in [7, 11) is 1.52. The Hall–Kier alpha value is -2.66. The topological polar surface area (TPSA) is 67.9 Å². The molecule has 1 N–H and O–H groups in total. The van der Waals surface area contributed by atoms with Crippen molar-refractivity contribution in [3.8, 4) is 11.5 Å². The molecule has 0 atom stereocenters. The summed E-state index contributed by atoms with van der Waals surface area (Å²) in [4.78, 5) is 27.1. The van der Waals surface area contributed by atoms with E-state index < -0.39 is 11.8 Å². The minimum absolute atomic E-state index is 0.0162. The lowest BCUT2D eigenvalue weighted by Gasteiger charge is -2.29. The predicted molar refractivity (Wildman–Crippen MR) is 149 cm³/mol. The summed E-state index contributed by atoms with van der Waals surface area (Å²) in [5.41, 5.74) is 1.91. The quantitative estimate of drug-likeness (QED) is 0.155. The van der Waals surface area contributed by atoms with Crippen LogP contribution in [0.15, 0.2) is 66.2 Å². The van der Waals surface area contributed by atoms with E-state index in [9.17, 15) is 9.59 Å². The van der Waals surface area contributed by atoms with Crippen molar-refractivity contribution in [2.45, 2.75) is 6.61 Å². The monoisotopic (exact) mass is 638 g/mol. The fourth-order valence-corrected chi connectivity index (χ4v) is 4.75. The van der Waals surface area contributed by atoms with Crippen molar-refractivity contribution in [2.24, 2.45) is 0 Å². The van der Waals surface area contributed by atoms with Crippen molar-refractivity contribution in [1.29, 1.82) is 0 Å². The van der Waals surface area contributed by atoms with E-state index in [0.717, 1.165) is 9.13 Å². The maximum atomic E-state index is 13.3. The first-order chi connectivity index (χ1) is 16.8. The molecule has 0 radical (unpaired) electrons. The van der Waals surface area contributed by atoms with Crippen LogP contribution < -0.4 is 19.7 Å².